The van der Waals surface area contributed by atoms with Crippen LogP contribution in [-0.2, 0) is 19.9 Å². The number of aryl methyl sites for hydroxylation is 3. The highest BCUT2D eigenvalue weighted by molar-refractivity contribution is 5.76. The third-order valence-electron chi connectivity index (χ3n) is 3.24. The van der Waals surface area contributed by atoms with E-state index in [2.05, 4.69) is 37.1 Å². The Kier molecular flexibility index (Phi) is 3.18. The smallest absolute Gasteiger partial charge is 0.129 e. The molecule has 0 amide bonds. The average Bonchev–Trinajstić information content (AvgIpc) is 2.69. The van der Waals surface area contributed by atoms with Gasteiger partial charge in [-0.25, -0.2) is 0 Å². The van der Waals surface area contributed by atoms with Gasteiger partial charge in [0.15, 0.2) is 0 Å². The van der Waals surface area contributed by atoms with E-state index in [1.165, 1.54) is 16.7 Å². The highest BCUT2D eigenvalue weighted by atomic mass is 15.3. The fourth-order valence-corrected chi connectivity index (χ4v) is 2.06. The maximum Gasteiger partial charge on any atom is 0.129 e. The van der Waals surface area contributed by atoms with E-state index in [-0.39, 0.29) is 0 Å². The Morgan fingerprint density at radius 3 is 2.47 bits per heavy atom. The first kappa shape index (κ1) is 11.7. The van der Waals surface area contributed by atoms with Crippen molar-refractivity contribution < 1.29 is 0 Å². The van der Waals surface area contributed by atoms with Crippen molar-refractivity contribution in [3.8, 4) is 11.1 Å². The van der Waals surface area contributed by atoms with Crippen molar-refractivity contribution in [2.45, 2.75) is 26.7 Å². The third kappa shape index (κ3) is 2.05. The summed E-state index contributed by atoms with van der Waals surface area (Å²) in [5.74, 6) is 0.730. The Morgan fingerprint density at radius 2 is 1.94 bits per heavy atom. The van der Waals surface area contributed by atoms with Crippen molar-refractivity contribution in [1.82, 2.24) is 9.78 Å². The summed E-state index contributed by atoms with van der Waals surface area (Å²) in [4.78, 5) is 0. The van der Waals surface area contributed by atoms with E-state index in [1.807, 2.05) is 13.2 Å². The molecule has 2 rings (SSSR count). The summed E-state index contributed by atoms with van der Waals surface area (Å²) in [5, 5.41) is 4.22. The molecule has 3 heteroatoms. The highest BCUT2D eigenvalue weighted by Crippen LogP contribution is 2.29. The first-order chi connectivity index (χ1) is 8.17. The zero-order valence-corrected chi connectivity index (χ0v) is 10.7. The largest absolute Gasteiger partial charge is 0.383 e. The van der Waals surface area contributed by atoms with Gasteiger partial charge in [-0.3, -0.25) is 4.68 Å². The molecule has 0 bridgehead atoms. The van der Waals surface area contributed by atoms with Crippen LogP contribution >= 0.6 is 0 Å². The summed E-state index contributed by atoms with van der Waals surface area (Å²) in [6.07, 6.45) is 3.90. The molecule has 2 N–H and O–H groups in total. The summed E-state index contributed by atoms with van der Waals surface area (Å²) in [6, 6.07) is 6.61. The number of rotatable bonds is 3. The van der Waals surface area contributed by atoms with Crippen molar-refractivity contribution in [1.29, 1.82) is 0 Å². The Bertz CT molecular complexity index is 526. The van der Waals surface area contributed by atoms with Gasteiger partial charge >= 0.3 is 0 Å². The number of aromatic nitrogens is 2. The van der Waals surface area contributed by atoms with E-state index in [0.717, 1.165) is 24.2 Å². The van der Waals surface area contributed by atoms with Crippen molar-refractivity contribution in [3.63, 3.8) is 0 Å². The fourth-order valence-electron chi connectivity index (χ4n) is 2.06. The summed E-state index contributed by atoms with van der Waals surface area (Å²) < 4.78 is 1.72. The van der Waals surface area contributed by atoms with Crippen LogP contribution in [0.3, 0.4) is 0 Å². The van der Waals surface area contributed by atoms with Crippen LogP contribution in [0.25, 0.3) is 11.1 Å². The van der Waals surface area contributed by atoms with Crippen LogP contribution in [-0.4, -0.2) is 9.78 Å². The molecule has 90 valence electrons. The molecule has 1 heterocycles. The van der Waals surface area contributed by atoms with Gasteiger partial charge in [0.1, 0.15) is 5.82 Å². The molecule has 1 aromatic heterocycles. The topological polar surface area (TPSA) is 43.8 Å². The minimum absolute atomic E-state index is 0.730. The van der Waals surface area contributed by atoms with Gasteiger partial charge in [-0.15, -0.1) is 0 Å². The normalized spacial score (nSPS) is 10.8. The van der Waals surface area contributed by atoms with Gasteiger partial charge < -0.3 is 5.73 Å². The van der Waals surface area contributed by atoms with Crippen molar-refractivity contribution in [3.05, 3.63) is 35.5 Å². The van der Waals surface area contributed by atoms with Gasteiger partial charge in [-0.1, -0.05) is 32.0 Å². The molecular formula is C14H19N3. The van der Waals surface area contributed by atoms with Gasteiger partial charge in [0.25, 0.3) is 0 Å². The first-order valence-electron chi connectivity index (χ1n) is 6.07. The number of hydrogen-bond acceptors (Lipinski definition) is 2. The number of nitrogens with two attached hydrogens (primary N) is 1. The third-order valence-corrected chi connectivity index (χ3v) is 3.24. The van der Waals surface area contributed by atoms with E-state index in [9.17, 15) is 0 Å². The van der Waals surface area contributed by atoms with Gasteiger partial charge in [0, 0.05) is 12.6 Å². The highest BCUT2D eigenvalue weighted by Gasteiger charge is 2.11. The fraction of sp³-hybridized carbons (Fsp3) is 0.357. The minimum atomic E-state index is 0.730. The SMILES string of the molecule is CCc1ccc(CC)c(-c2cnn(C)c2N)c1. The molecule has 0 aliphatic heterocycles. The van der Waals surface area contributed by atoms with Gasteiger partial charge in [0.05, 0.1) is 6.20 Å². The van der Waals surface area contributed by atoms with Crippen molar-refractivity contribution >= 4 is 5.82 Å². The molecule has 0 aliphatic rings. The van der Waals surface area contributed by atoms with E-state index in [1.54, 1.807) is 4.68 Å². The maximum atomic E-state index is 6.05. The minimum Gasteiger partial charge on any atom is -0.383 e. The lowest BCUT2D eigenvalue weighted by Gasteiger charge is -2.09. The lowest BCUT2D eigenvalue weighted by molar-refractivity contribution is 0.779. The van der Waals surface area contributed by atoms with E-state index >= 15 is 0 Å². The summed E-state index contributed by atoms with van der Waals surface area (Å²) in [6.45, 7) is 4.33. The lowest BCUT2D eigenvalue weighted by Crippen LogP contribution is -1.99. The molecule has 3 nitrogen and oxygen atoms in total. The zero-order chi connectivity index (χ0) is 12.4. The van der Waals surface area contributed by atoms with Gasteiger partial charge in [-0.05, 0) is 29.5 Å². The van der Waals surface area contributed by atoms with Crippen LogP contribution in [0.15, 0.2) is 24.4 Å². The molecule has 0 saturated carbocycles. The Labute approximate surface area is 102 Å². The predicted molar refractivity (Wildman–Crippen MR) is 71.8 cm³/mol. The van der Waals surface area contributed by atoms with E-state index in [4.69, 9.17) is 5.73 Å². The second-order valence-corrected chi connectivity index (χ2v) is 4.27. The van der Waals surface area contributed by atoms with Crippen molar-refractivity contribution in [2.75, 3.05) is 5.73 Å². The Balaban J connectivity index is 2.60. The Hall–Kier alpha value is -1.77. The molecule has 0 aliphatic carbocycles. The zero-order valence-electron chi connectivity index (χ0n) is 10.7. The second-order valence-electron chi connectivity index (χ2n) is 4.27. The van der Waals surface area contributed by atoms with Crippen LogP contribution < -0.4 is 5.73 Å². The predicted octanol–water partition coefficient (Wildman–Crippen LogP) is 2.79. The first-order valence-corrected chi connectivity index (χ1v) is 6.07. The molecule has 0 radical (unpaired) electrons. The average molecular weight is 229 g/mol. The molecule has 17 heavy (non-hydrogen) atoms. The van der Waals surface area contributed by atoms with Gasteiger partial charge in [-0.2, -0.15) is 5.10 Å². The second kappa shape index (κ2) is 4.62. The van der Waals surface area contributed by atoms with Crippen LogP contribution in [0.2, 0.25) is 0 Å². The molecule has 0 fully saturated rings. The van der Waals surface area contributed by atoms with E-state index in [0.29, 0.717) is 0 Å². The molecule has 1 aromatic carbocycles. The number of anilines is 1. The van der Waals surface area contributed by atoms with Crippen LogP contribution in [0.4, 0.5) is 5.82 Å². The number of hydrogen-bond donors (Lipinski definition) is 1. The monoisotopic (exact) mass is 229 g/mol. The molecule has 2 aromatic rings. The number of nitrogens with zero attached hydrogens (tertiary/aromatic N) is 2. The summed E-state index contributed by atoms with van der Waals surface area (Å²) in [5.41, 5.74) is 11.0. The summed E-state index contributed by atoms with van der Waals surface area (Å²) in [7, 11) is 1.87. The standard InChI is InChI=1S/C14H19N3/c1-4-10-6-7-11(5-2)12(8-10)13-9-16-17(3)14(13)15/h6-9H,4-5,15H2,1-3H3. The van der Waals surface area contributed by atoms with Gasteiger partial charge in [0.2, 0.25) is 0 Å². The van der Waals surface area contributed by atoms with E-state index < -0.39 is 0 Å². The number of benzene rings is 1. The molecule has 0 spiro atoms. The van der Waals surface area contributed by atoms with Crippen molar-refractivity contribution in [2.24, 2.45) is 7.05 Å². The Morgan fingerprint density at radius 1 is 1.18 bits per heavy atom. The molecule has 0 atom stereocenters. The maximum absolute atomic E-state index is 6.05. The van der Waals surface area contributed by atoms with Crippen LogP contribution in [0.5, 0.6) is 0 Å². The molecular weight excluding hydrogens is 210 g/mol. The quantitative estimate of drug-likeness (QED) is 0.879. The molecule has 0 unspecified atom stereocenters. The summed E-state index contributed by atoms with van der Waals surface area (Å²) >= 11 is 0. The van der Waals surface area contributed by atoms with Crippen LogP contribution in [0.1, 0.15) is 25.0 Å². The number of nitrogen functional groups attached to an aromatic ring is 1. The van der Waals surface area contributed by atoms with Crippen LogP contribution in [0, 0.1) is 0 Å². The molecule has 0 saturated heterocycles. The lowest BCUT2D eigenvalue weighted by atomic mass is 9.96.